The maximum Gasteiger partial charge on any atom is 0.231 e. The number of fused-ring (bicyclic) bond motifs is 1. The molecule has 1 aromatic carbocycles. The molecule has 0 unspecified atom stereocenters. The molecule has 1 atom stereocenters. The predicted molar refractivity (Wildman–Crippen MR) is 99.5 cm³/mol. The van der Waals surface area contributed by atoms with Gasteiger partial charge in [0.1, 0.15) is 0 Å². The van der Waals surface area contributed by atoms with Gasteiger partial charge in [0.25, 0.3) is 0 Å². The average molecular weight is 362 g/mol. The molecule has 0 saturated heterocycles. The molecular formula is C20H22N6O. The highest BCUT2D eigenvalue weighted by atomic mass is 16.2. The van der Waals surface area contributed by atoms with Crippen molar-refractivity contribution in [2.75, 3.05) is 6.54 Å². The number of carbonyl (C=O) groups is 1. The molecule has 1 aliphatic heterocycles. The number of hydrogen-bond acceptors (Lipinski definition) is 4. The summed E-state index contributed by atoms with van der Waals surface area (Å²) in [6.07, 6.45) is 7.36. The second-order valence-corrected chi connectivity index (χ2v) is 7.73. The Morgan fingerprint density at radius 3 is 2.74 bits per heavy atom. The van der Waals surface area contributed by atoms with Gasteiger partial charge < -0.3 is 14.0 Å². The summed E-state index contributed by atoms with van der Waals surface area (Å²) in [5, 5.41) is 8.81. The molecule has 1 aliphatic carbocycles. The van der Waals surface area contributed by atoms with E-state index >= 15 is 0 Å². The van der Waals surface area contributed by atoms with E-state index in [0.717, 1.165) is 30.1 Å². The van der Waals surface area contributed by atoms with Gasteiger partial charge in [0, 0.05) is 31.0 Å². The van der Waals surface area contributed by atoms with Gasteiger partial charge in [-0.15, -0.1) is 10.2 Å². The quantitative estimate of drug-likeness (QED) is 0.715. The first-order chi connectivity index (χ1) is 13.2. The normalized spacial score (nSPS) is 20.3. The molecular weight excluding hydrogens is 340 g/mol. The summed E-state index contributed by atoms with van der Waals surface area (Å²) in [6, 6.07) is 10.3. The van der Waals surface area contributed by atoms with Crippen LogP contribution in [0.4, 0.5) is 0 Å². The summed E-state index contributed by atoms with van der Waals surface area (Å²) < 4.78 is 4.18. The van der Waals surface area contributed by atoms with Crippen molar-refractivity contribution >= 4 is 5.91 Å². The van der Waals surface area contributed by atoms with Gasteiger partial charge >= 0.3 is 0 Å². The summed E-state index contributed by atoms with van der Waals surface area (Å²) in [7, 11) is 0. The van der Waals surface area contributed by atoms with Crippen molar-refractivity contribution in [3.05, 3.63) is 54.9 Å². The smallest absolute Gasteiger partial charge is 0.231 e. The van der Waals surface area contributed by atoms with Gasteiger partial charge in [0.05, 0.1) is 24.3 Å². The van der Waals surface area contributed by atoms with Gasteiger partial charge in [-0.3, -0.25) is 4.79 Å². The Morgan fingerprint density at radius 1 is 1.22 bits per heavy atom. The third kappa shape index (κ3) is 2.74. The molecule has 2 aromatic heterocycles. The van der Waals surface area contributed by atoms with Crippen LogP contribution in [-0.4, -0.2) is 41.7 Å². The Labute approximate surface area is 157 Å². The highest BCUT2D eigenvalue weighted by molar-refractivity contribution is 5.85. The third-order valence-corrected chi connectivity index (χ3v) is 5.69. The Kier molecular flexibility index (Phi) is 3.63. The zero-order valence-corrected chi connectivity index (χ0v) is 15.3. The second kappa shape index (κ2) is 6.04. The minimum atomic E-state index is -0.273. The number of rotatable bonds is 4. The summed E-state index contributed by atoms with van der Waals surface area (Å²) in [5.74, 6) is 1.97. The Bertz CT molecular complexity index is 958. The van der Waals surface area contributed by atoms with E-state index in [0.29, 0.717) is 19.6 Å². The maximum atomic E-state index is 13.3. The maximum absolute atomic E-state index is 13.3. The van der Waals surface area contributed by atoms with E-state index in [9.17, 15) is 4.79 Å². The monoisotopic (exact) mass is 362 g/mol. The number of nitrogens with zero attached hydrogens (tertiary/aromatic N) is 6. The fourth-order valence-electron chi connectivity index (χ4n) is 4.12. The largest absolute Gasteiger partial charge is 0.336 e. The number of amides is 1. The number of aromatic nitrogens is 5. The molecule has 5 rings (SSSR count). The first-order valence-electron chi connectivity index (χ1n) is 9.41. The number of imidazole rings is 1. The topological polar surface area (TPSA) is 68.8 Å². The fraction of sp³-hybridized carbons (Fsp3) is 0.400. The summed E-state index contributed by atoms with van der Waals surface area (Å²) in [4.78, 5) is 19.3. The number of carbonyl (C=O) groups excluding carboxylic acids is 1. The molecule has 7 heteroatoms. The van der Waals surface area contributed by atoms with Crippen LogP contribution in [0.5, 0.6) is 0 Å². The van der Waals surface area contributed by atoms with Gasteiger partial charge in [0.2, 0.25) is 5.91 Å². The highest BCUT2D eigenvalue weighted by Crippen LogP contribution is 2.49. The van der Waals surface area contributed by atoms with Crippen molar-refractivity contribution in [1.29, 1.82) is 0 Å². The molecule has 1 amide bonds. The van der Waals surface area contributed by atoms with E-state index < -0.39 is 0 Å². The molecule has 0 bridgehead atoms. The Morgan fingerprint density at radius 2 is 2.04 bits per heavy atom. The summed E-state index contributed by atoms with van der Waals surface area (Å²) in [6.45, 7) is 4.05. The zero-order valence-electron chi connectivity index (χ0n) is 15.3. The molecule has 138 valence electrons. The SMILES string of the molecule is C[C@H]1CN(C(=O)C2(Cn3ccnc3)CC2)Cc2nnc(-c3ccccc3)n21. The van der Waals surface area contributed by atoms with E-state index in [4.69, 9.17) is 0 Å². The minimum Gasteiger partial charge on any atom is -0.336 e. The first-order valence-corrected chi connectivity index (χ1v) is 9.41. The lowest BCUT2D eigenvalue weighted by Gasteiger charge is -2.35. The van der Waals surface area contributed by atoms with E-state index in [-0.39, 0.29) is 17.4 Å². The predicted octanol–water partition coefficient (Wildman–Crippen LogP) is 2.53. The minimum absolute atomic E-state index is 0.145. The van der Waals surface area contributed by atoms with Crippen molar-refractivity contribution in [1.82, 2.24) is 29.2 Å². The van der Waals surface area contributed by atoms with Gasteiger partial charge in [-0.2, -0.15) is 0 Å². The van der Waals surface area contributed by atoms with Gasteiger partial charge in [-0.25, -0.2) is 4.98 Å². The van der Waals surface area contributed by atoms with E-state index in [1.807, 2.05) is 46.0 Å². The van der Waals surface area contributed by atoms with Crippen LogP contribution >= 0.6 is 0 Å². The Balaban J connectivity index is 1.39. The van der Waals surface area contributed by atoms with Crippen molar-refractivity contribution in [2.45, 2.75) is 38.9 Å². The molecule has 27 heavy (non-hydrogen) atoms. The van der Waals surface area contributed by atoms with E-state index in [2.05, 4.69) is 26.7 Å². The molecule has 0 spiro atoms. The van der Waals surface area contributed by atoms with Gasteiger partial charge in [-0.05, 0) is 19.8 Å². The van der Waals surface area contributed by atoms with Gasteiger partial charge in [0.15, 0.2) is 11.6 Å². The van der Waals surface area contributed by atoms with Crippen LogP contribution in [0.25, 0.3) is 11.4 Å². The molecule has 1 saturated carbocycles. The number of hydrogen-bond donors (Lipinski definition) is 0. The van der Waals surface area contributed by atoms with Crippen LogP contribution in [0.1, 0.15) is 31.6 Å². The van der Waals surface area contributed by atoms with Crippen LogP contribution in [0.15, 0.2) is 49.1 Å². The molecule has 0 radical (unpaired) electrons. The number of benzene rings is 1. The van der Waals surface area contributed by atoms with E-state index in [1.165, 1.54) is 0 Å². The molecule has 1 fully saturated rings. The van der Waals surface area contributed by atoms with Crippen LogP contribution in [0, 0.1) is 5.41 Å². The second-order valence-electron chi connectivity index (χ2n) is 7.73. The third-order valence-electron chi connectivity index (χ3n) is 5.69. The van der Waals surface area contributed by atoms with Crippen LogP contribution < -0.4 is 0 Å². The molecule has 7 nitrogen and oxygen atoms in total. The molecule has 3 aromatic rings. The lowest BCUT2D eigenvalue weighted by Crippen LogP contribution is -2.45. The zero-order chi connectivity index (χ0) is 18.4. The fourth-order valence-corrected chi connectivity index (χ4v) is 4.12. The lowest BCUT2D eigenvalue weighted by molar-refractivity contribution is -0.139. The average Bonchev–Trinajstić information content (AvgIpc) is 3.08. The van der Waals surface area contributed by atoms with Crippen molar-refractivity contribution in [3.8, 4) is 11.4 Å². The van der Waals surface area contributed by atoms with Crippen LogP contribution in [-0.2, 0) is 17.9 Å². The summed E-state index contributed by atoms with van der Waals surface area (Å²) >= 11 is 0. The molecule has 2 aliphatic rings. The molecule has 3 heterocycles. The van der Waals surface area contributed by atoms with Crippen LogP contribution in [0.2, 0.25) is 0 Å². The van der Waals surface area contributed by atoms with Crippen molar-refractivity contribution in [3.63, 3.8) is 0 Å². The van der Waals surface area contributed by atoms with Gasteiger partial charge in [-0.1, -0.05) is 30.3 Å². The first kappa shape index (κ1) is 16.2. The van der Waals surface area contributed by atoms with E-state index in [1.54, 1.807) is 12.5 Å². The standard InChI is InChI=1S/C20H22N6O/c1-15-11-25(19(27)20(7-8-20)13-24-10-9-21-14-24)12-17-22-23-18(26(15)17)16-5-3-2-4-6-16/h2-6,9-10,14-15H,7-8,11-13H2,1H3/t15-/m0/s1. The summed E-state index contributed by atoms with van der Waals surface area (Å²) in [5.41, 5.74) is 0.784. The van der Waals surface area contributed by atoms with Crippen LogP contribution in [0.3, 0.4) is 0 Å². The Hall–Kier alpha value is -2.96. The highest BCUT2D eigenvalue weighted by Gasteiger charge is 2.52. The molecule has 0 N–H and O–H groups in total. The lowest BCUT2D eigenvalue weighted by atomic mass is 10.0. The van der Waals surface area contributed by atoms with Crippen molar-refractivity contribution in [2.24, 2.45) is 5.41 Å². The van der Waals surface area contributed by atoms with Crippen molar-refractivity contribution < 1.29 is 4.79 Å².